The Bertz CT molecular complexity index is 1400. The Morgan fingerprint density at radius 2 is 1.86 bits per heavy atom. The molecule has 186 valence electrons. The maximum Gasteiger partial charge on any atom is 0.419 e. The van der Waals surface area contributed by atoms with Crippen molar-refractivity contribution in [1.82, 2.24) is 29.8 Å². The number of halogens is 3. The number of imidazole rings is 1. The van der Waals surface area contributed by atoms with Crippen molar-refractivity contribution in [1.29, 1.82) is 0 Å². The molecule has 0 atom stereocenters. The Morgan fingerprint density at radius 3 is 2.58 bits per heavy atom. The van der Waals surface area contributed by atoms with E-state index in [0.29, 0.717) is 55.4 Å². The lowest BCUT2D eigenvalue weighted by atomic mass is 10.1. The second-order valence-corrected chi connectivity index (χ2v) is 8.23. The molecule has 1 aliphatic heterocycles. The molecule has 0 spiro atoms. The second-order valence-electron chi connectivity index (χ2n) is 8.23. The van der Waals surface area contributed by atoms with Crippen LogP contribution in [0, 0.1) is 0 Å². The smallest absolute Gasteiger partial charge is 0.419 e. The maximum atomic E-state index is 13.3. The van der Waals surface area contributed by atoms with Crippen LogP contribution >= 0.6 is 0 Å². The number of nitrogens with two attached hydrogens (primary N) is 1. The summed E-state index contributed by atoms with van der Waals surface area (Å²) >= 11 is 0. The number of aromatic nitrogens is 4. The molecule has 1 fully saturated rings. The predicted octanol–water partition coefficient (Wildman–Crippen LogP) is 3.85. The molecule has 36 heavy (non-hydrogen) atoms. The molecule has 0 aliphatic carbocycles. The summed E-state index contributed by atoms with van der Waals surface area (Å²) < 4.78 is 47.1. The Labute approximate surface area is 203 Å². The van der Waals surface area contributed by atoms with Gasteiger partial charge in [-0.15, -0.1) is 0 Å². The SMILES string of the molecule is Nc1ncc(-c2cnc3ccc(-c4ccc(OCCCN5CCNC5=O)cc4)nn23)cc1C(F)(F)F. The van der Waals surface area contributed by atoms with Crippen molar-refractivity contribution in [3.05, 3.63) is 60.4 Å². The third-order valence-electron chi connectivity index (χ3n) is 5.82. The summed E-state index contributed by atoms with van der Waals surface area (Å²) in [7, 11) is 0. The Balaban J connectivity index is 1.32. The van der Waals surface area contributed by atoms with Crippen LogP contribution in [0.1, 0.15) is 12.0 Å². The summed E-state index contributed by atoms with van der Waals surface area (Å²) in [4.78, 5) is 21.3. The van der Waals surface area contributed by atoms with Gasteiger partial charge in [-0.25, -0.2) is 19.3 Å². The molecule has 0 unspecified atom stereocenters. The van der Waals surface area contributed by atoms with Crippen molar-refractivity contribution in [3.63, 3.8) is 0 Å². The first-order valence-corrected chi connectivity index (χ1v) is 11.2. The zero-order chi connectivity index (χ0) is 25.3. The molecule has 0 radical (unpaired) electrons. The van der Waals surface area contributed by atoms with E-state index in [1.165, 1.54) is 16.9 Å². The van der Waals surface area contributed by atoms with Crippen LogP contribution in [-0.2, 0) is 6.18 Å². The first kappa shape index (κ1) is 23.4. The van der Waals surface area contributed by atoms with Crippen LogP contribution in [-0.4, -0.2) is 56.8 Å². The van der Waals surface area contributed by atoms with E-state index in [4.69, 9.17) is 10.5 Å². The van der Waals surface area contributed by atoms with E-state index in [1.807, 2.05) is 24.3 Å². The van der Waals surface area contributed by atoms with Crippen molar-refractivity contribution < 1.29 is 22.7 Å². The number of alkyl halides is 3. The lowest BCUT2D eigenvalue weighted by molar-refractivity contribution is -0.137. The number of fused-ring (bicyclic) bond motifs is 1. The minimum atomic E-state index is -4.63. The first-order valence-electron chi connectivity index (χ1n) is 11.2. The van der Waals surface area contributed by atoms with Gasteiger partial charge in [0.05, 0.1) is 29.8 Å². The number of benzene rings is 1. The number of anilines is 1. The van der Waals surface area contributed by atoms with Gasteiger partial charge in [0.1, 0.15) is 11.6 Å². The van der Waals surface area contributed by atoms with Gasteiger partial charge in [0.15, 0.2) is 5.65 Å². The third kappa shape index (κ3) is 4.74. The first-order chi connectivity index (χ1) is 17.3. The molecule has 3 N–H and O–H groups in total. The van der Waals surface area contributed by atoms with Crippen LogP contribution in [0.25, 0.3) is 28.2 Å². The lowest BCUT2D eigenvalue weighted by Crippen LogP contribution is -2.29. The number of urea groups is 1. The van der Waals surface area contributed by atoms with E-state index in [0.717, 1.165) is 11.6 Å². The Morgan fingerprint density at radius 1 is 1.06 bits per heavy atom. The number of carbonyl (C=O) groups is 1. The summed E-state index contributed by atoms with van der Waals surface area (Å²) in [5.41, 5.74) is 6.85. The van der Waals surface area contributed by atoms with Crippen molar-refractivity contribution in [2.24, 2.45) is 0 Å². The molecule has 0 saturated carbocycles. The highest BCUT2D eigenvalue weighted by Gasteiger charge is 2.34. The van der Waals surface area contributed by atoms with Crippen molar-refractivity contribution >= 4 is 17.5 Å². The Kier molecular flexibility index (Phi) is 6.08. The highest BCUT2D eigenvalue weighted by atomic mass is 19.4. The van der Waals surface area contributed by atoms with Gasteiger partial charge >= 0.3 is 12.2 Å². The average molecular weight is 497 g/mol. The van der Waals surface area contributed by atoms with Crippen LogP contribution in [0.4, 0.5) is 23.8 Å². The Hall–Kier alpha value is -4.35. The molecule has 2 amide bonds. The molecule has 0 bridgehead atoms. The number of ether oxygens (including phenoxy) is 1. The summed E-state index contributed by atoms with van der Waals surface area (Å²) in [5.74, 6) is 0.0965. The third-order valence-corrected chi connectivity index (χ3v) is 5.82. The molecular weight excluding hydrogens is 475 g/mol. The van der Waals surface area contributed by atoms with Gasteiger partial charge in [-0.05, 0) is 48.9 Å². The van der Waals surface area contributed by atoms with E-state index < -0.39 is 17.6 Å². The summed E-state index contributed by atoms with van der Waals surface area (Å²) in [5, 5.41) is 7.35. The minimum Gasteiger partial charge on any atom is -0.494 e. The van der Waals surface area contributed by atoms with E-state index in [-0.39, 0.29) is 11.6 Å². The van der Waals surface area contributed by atoms with Crippen LogP contribution in [0.5, 0.6) is 5.75 Å². The van der Waals surface area contributed by atoms with E-state index in [2.05, 4.69) is 20.4 Å². The molecule has 1 aromatic carbocycles. The van der Waals surface area contributed by atoms with E-state index in [9.17, 15) is 18.0 Å². The molecule has 4 heterocycles. The van der Waals surface area contributed by atoms with Crippen LogP contribution < -0.4 is 15.8 Å². The molecule has 3 aromatic heterocycles. The van der Waals surface area contributed by atoms with E-state index in [1.54, 1.807) is 17.0 Å². The molecule has 9 nitrogen and oxygen atoms in total. The predicted molar refractivity (Wildman–Crippen MR) is 126 cm³/mol. The van der Waals surface area contributed by atoms with Gasteiger partial charge in [-0.2, -0.15) is 18.3 Å². The molecule has 5 rings (SSSR count). The maximum absolute atomic E-state index is 13.3. The summed E-state index contributed by atoms with van der Waals surface area (Å²) in [6, 6.07) is 11.8. The fraction of sp³-hybridized carbons (Fsp3) is 0.250. The van der Waals surface area contributed by atoms with Crippen molar-refractivity contribution in [3.8, 4) is 28.3 Å². The van der Waals surface area contributed by atoms with Gasteiger partial charge in [-0.1, -0.05) is 0 Å². The van der Waals surface area contributed by atoms with Gasteiger partial charge in [0.25, 0.3) is 0 Å². The molecule has 4 aromatic rings. The fourth-order valence-electron chi connectivity index (χ4n) is 3.96. The number of nitrogen functional groups attached to an aromatic ring is 1. The summed E-state index contributed by atoms with van der Waals surface area (Å²) in [6.07, 6.45) is -1.20. The summed E-state index contributed by atoms with van der Waals surface area (Å²) in [6.45, 7) is 2.49. The molecular formula is C24H22F3N7O2. The monoisotopic (exact) mass is 497 g/mol. The van der Waals surface area contributed by atoms with Gasteiger partial charge in [0, 0.05) is 37.0 Å². The number of carbonyl (C=O) groups excluding carboxylic acids is 1. The number of hydrogen-bond donors (Lipinski definition) is 2. The minimum absolute atomic E-state index is 0.0432. The second kappa shape index (κ2) is 9.36. The number of hydrogen-bond acceptors (Lipinski definition) is 6. The van der Waals surface area contributed by atoms with Crippen LogP contribution in [0.15, 0.2) is 54.9 Å². The molecule has 1 saturated heterocycles. The fourth-order valence-corrected chi connectivity index (χ4v) is 3.96. The number of nitrogens with zero attached hydrogens (tertiary/aromatic N) is 5. The topological polar surface area (TPSA) is 111 Å². The van der Waals surface area contributed by atoms with Gasteiger partial charge in [0.2, 0.25) is 0 Å². The normalized spacial score (nSPS) is 13.9. The van der Waals surface area contributed by atoms with Crippen LogP contribution in [0.2, 0.25) is 0 Å². The standard InChI is InChI=1S/C24H22F3N7O2/c25-24(26,27)18-12-16(13-31-22(18)28)20-14-30-21-7-6-19(32-34(20)21)15-2-4-17(5-3-15)36-11-1-9-33-10-8-29-23(33)35/h2-7,12-14H,1,8-11H2,(H2,28,31)(H,29,35). The highest BCUT2D eigenvalue weighted by molar-refractivity contribution is 5.76. The van der Waals surface area contributed by atoms with Gasteiger partial charge in [-0.3, -0.25) is 0 Å². The van der Waals surface area contributed by atoms with Gasteiger partial charge < -0.3 is 20.7 Å². The quantitative estimate of drug-likeness (QED) is 0.375. The number of nitrogens with one attached hydrogen (secondary N) is 1. The van der Waals surface area contributed by atoms with Crippen molar-refractivity contribution in [2.75, 3.05) is 32.0 Å². The average Bonchev–Trinajstić information content (AvgIpc) is 3.47. The molecule has 12 heteroatoms. The number of amides is 2. The lowest BCUT2D eigenvalue weighted by Gasteiger charge is -2.14. The zero-order valence-electron chi connectivity index (χ0n) is 19.0. The van der Waals surface area contributed by atoms with Crippen LogP contribution in [0.3, 0.4) is 0 Å². The largest absolute Gasteiger partial charge is 0.494 e. The highest BCUT2D eigenvalue weighted by Crippen LogP contribution is 2.35. The molecule has 1 aliphatic rings. The van der Waals surface area contributed by atoms with E-state index >= 15 is 0 Å². The zero-order valence-corrected chi connectivity index (χ0v) is 19.0. The number of rotatable bonds is 7. The number of pyridine rings is 1. The van der Waals surface area contributed by atoms with Crippen molar-refractivity contribution in [2.45, 2.75) is 12.6 Å².